The van der Waals surface area contributed by atoms with Gasteiger partial charge in [0.25, 0.3) is 0 Å². The highest BCUT2D eigenvalue weighted by molar-refractivity contribution is 5.93. The van der Waals surface area contributed by atoms with E-state index in [0.29, 0.717) is 25.0 Å². The lowest BCUT2D eigenvalue weighted by Gasteiger charge is -2.30. The van der Waals surface area contributed by atoms with Crippen LogP contribution in [0, 0.1) is 11.8 Å². The average molecular weight is 473 g/mol. The van der Waals surface area contributed by atoms with Gasteiger partial charge in [0.1, 0.15) is 17.8 Å². The summed E-state index contributed by atoms with van der Waals surface area (Å²) in [5.41, 5.74) is 1.73. The molecule has 8 heteroatoms. The van der Waals surface area contributed by atoms with Crippen molar-refractivity contribution in [2.75, 3.05) is 21.2 Å². The van der Waals surface area contributed by atoms with E-state index < -0.39 is 18.1 Å². The number of hydrogen-bond donors (Lipinski definition) is 3. The van der Waals surface area contributed by atoms with E-state index in [9.17, 15) is 14.4 Å². The summed E-state index contributed by atoms with van der Waals surface area (Å²) in [4.78, 5) is 41.5. The van der Waals surface area contributed by atoms with Crippen molar-refractivity contribution in [1.82, 2.24) is 20.9 Å². The van der Waals surface area contributed by atoms with Gasteiger partial charge in [-0.15, -0.1) is 0 Å². The standard InChI is InChI=1S/C26H40N4O4/c1-8-17(4)23-26(33)28-20(13-16(2)3)24(31)27-12-11-18-9-10-22(34-7)19(14-18)15-21(30(5)6)25(32)29-23/h9-12,14,16-17,20-21,23H,8,13,15H2,1-7H3,(H,27,31)(H,28,33)(H,29,32). The average Bonchev–Trinajstić information content (AvgIpc) is 2.78. The van der Waals surface area contributed by atoms with Crippen molar-refractivity contribution in [3.05, 3.63) is 35.5 Å². The number of ether oxygens (including phenoxy) is 1. The summed E-state index contributed by atoms with van der Waals surface area (Å²) in [7, 11) is 5.28. The number of carbonyl (C=O) groups is 3. The molecule has 1 heterocycles. The van der Waals surface area contributed by atoms with Crippen LogP contribution in [0.4, 0.5) is 0 Å². The Balaban J connectivity index is 2.54. The van der Waals surface area contributed by atoms with E-state index in [0.717, 1.165) is 11.1 Å². The van der Waals surface area contributed by atoms with E-state index >= 15 is 0 Å². The normalized spacial score (nSPS) is 23.0. The molecule has 4 unspecified atom stereocenters. The van der Waals surface area contributed by atoms with Gasteiger partial charge in [-0.3, -0.25) is 19.3 Å². The van der Waals surface area contributed by atoms with Gasteiger partial charge >= 0.3 is 0 Å². The second-order valence-electron chi connectivity index (χ2n) is 9.66. The Morgan fingerprint density at radius 2 is 1.76 bits per heavy atom. The number of methoxy groups -OCH3 is 1. The van der Waals surface area contributed by atoms with Crippen LogP contribution in [0.2, 0.25) is 0 Å². The van der Waals surface area contributed by atoms with Crippen molar-refractivity contribution < 1.29 is 19.1 Å². The topological polar surface area (TPSA) is 99.8 Å². The molecule has 8 nitrogen and oxygen atoms in total. The molecule has 0 saturated heterocycles. The first-order valence-corrected chi connectivity index (χ1v) is 12.0. The molecule has 0 aliphatic carbocycles. The minimum atomic E-state index is -0.753. The maximum absolute atomic E-state index is 13.4. The van der Waals surface area contributed by atoms with Gasteiger partial charge in [-0.05, 0) is 61.7 Å². The van der Waals surface area contributed by atoms with Crippen LogP contribution < -0.4 is 20.7 Å². The Bertz CT molecular complexity index is 897. The van der Waals surface area contributed by atoms with Crippen molar-refractivity contribution in [2.24, 2.45) is 11.8 Å². The van der Waals surface area contributed by atoms with Gasteiger partial charge in [0.2, 0.25) is 17.7 Å². The van der Waals surface area contributed by atoms with Crippen LogP contribution in [0.15, 0.2) is 24.4 Å². The van der Waals surface area contributed by atoms with E-state index in [-0.39, 0.29) is 29.6 Å². The minimum absolute atomic E-state index is 0.108. The van der Waals surface area contributed by atoms with Crippen LogP contribution in [-0.4, -0.2) is 62.0 Å². The molecular weight excluding hydrogens is 432 g/mol. The van der Waals surface area contributed by atoms with Crippen LogP contribution in [0.5, 0.6) is 5.75 Å². The highest BCUT2D eigenvalue weighted by Crippen LogP contribution is 2.23. The first-order chi connectivity index (χ1) is 16.1. The summed E-state index contributed by atoms with van der Waals surface area (Å²) >= 11 is 0. The van der Waals surface area contributed by atoms with Gasteiger partial charge in [-0.1, -0.05) is 40.2 Å². The molecule has 4 atom stereocenters. The molecule has 34 heavy (non-hydrogen) atoms. The lowest BCUT2D eigenvalue weighted by Crippen LogP contribution is -2.58. The second-order valence-corrected chi connectivity index (χ2v) is 9.66. The Morgan fingerprint density at radius 1 is 1.06 bits per heavy atom. The lowest BCUT2D eigenvalue weighted by molar-refractivity contribution is -0.134. The first kappa shape index (κ1) is 27.4. The van der Waals surface area contributed by atoms with Gasteiger partial charge < -0.3 is 20.7 Å². The van der Waals surface area contributed by atoms with Crippen molar-refractivity contribution in [3.8, 4) is 5.75 Å². The van der Waals surface area contributed by atoms with Crippen LogP contribution >= 0.6 is 0 Å². The maximum Gasteiger partial charge on any atom is 0.246 e. The summed E-state index contributed by atoms with van der Waals surface area (Å²) in [6, 6.07) is 3.72. The summed E-state index contributed by atoms with van der Waals surface area (Å²) < 4.78 is 5.53. The van der Waals surface area contributed by atoms with Gasteiger partial charge in [-0.2, -0.15) is 0 Å². The van der Waals surface area contributed by atoms with Gasteiger partial charge in [0.15, 0.2) is 0 Å². The fourth-order valence-corrected chi connectivity index (χ4v) is 4.02. The summed E-state index contributed by atoms with van der Waals surface area (Å²) in [6.07, 6.45) is 4.97. The Labute approximate surface area is 203 Å². The maximum atomic E-state index is 13.4. The Hall–Kier alpha value is -2.87. The minimum Gasteiger partial charge on any atom is -0.496 e. The number of rotatable bonds is 6. The van der Waals surface area contributed by atoms with Crippen molar-refractivity contribution in [3.63, 3.8) is 0 Å². The molecule has 1 aromatic carbocycles. The molecule has 3 N–H and O–H groups in total. The fourth-order valence-electron chi connectivity index (χ4n) is 4.02. The van der Waals surface area contributed by atoms with Crippen molar-refractivity contribution in [1.29, 1.82) is 0 Å². The van der Waals surface area contributed by atoms with E-state index in [1.165, 1.54) is 0 Å². The quantitative estimate of drug-likeness (QED) is 0.590. The van der Waals surface area contributed by atoms with E-state index in [2.05, 4.69) is 16.0 Å². The predicted molar refractivity (Wildman–Crippen MR) is 134 cm³/mol. The molecule has 0 aromatic heterocycles. The fraction of sp³-hybridized carbons (Fsp3) is 0.577. The SMILES string of the molecule is CCC(C)C1NC(=O)C(N(C)C)Cc2cc(ccc2OC)C=CNC(=O)C(CC(C)C)NC1=O. The van der Waals surface area contributed by atoms with Gasteiger partial charge in [0.05, 0.1) is 13.2 Å². The molecule has 0 fully saturated rings. The molecule has 2 rings (SSSR count). The van der Waals surface area contributed by atoms with Crippen molar-refractivity contribution >= 4 is 23.8 Å². The predicted octanol–water partition coefficient (Wildman–Crippen LogP) is 2.33. The highest BCUT2D eigenvalue weighted by Gasteiger charge is 2.33. The third-order valence-electron chi connectivity index (χ3n) is 6.28. The zero-order chi connectivity index (χ0) is 25.4. The van der Waals surface area contributed by atoms with Gasteiger partial charge in [-0.25, -0.2) is 0 Å². The number of amides is 3. The van der Waals surface area contributed by atoms with E-state index in [4.69, 9.17) is 4.74 Å². The smallest absolute Gasteiger partial charge is 0.246 e. The summed E-state index contributed by atoms with van der Waals surface area (Å²) in [6.45, 7) is 7.90. The molecule has 0 radical (unpaired) electrons. The number of benzene rings is 1. The largest absolute Gasteiger partial charge is 0.496 e. The zero-order valence-electron chi connectivity index (χ0n) is 21.5. The Kier molecular flexibility index (Phi) is 10.1. The molecule has 2 bridgehead atoms. The molecule has 0 saturated carbocycles. The van der Waals surface area contributed by atoms with Gasteiger partial charge in [0, 0.05) is 12.6 Å². The molecule has 1 aliphatic heterocycles. The number of hydrogen-bond acceptors (Lipinski definition) is 5. The molecule has 3 amide bonds. The third-order valence-corrected chi connectivity index (χ3v) is 6.28. The molecule has 0 spiro atoms. The second kappa shape index (κ2) is 12.6. The number of carbonyl (C=O) groups excluding carboxylic acids is 3. The monoisotopic (exact) mass is 472 g/mol. The third kappa shape index (κ3) is 7.32. The molecule has 1 aliphatic rings. The van der Waals surface area contributed by atoms with Crippen LogP contribution in [0.3, 0.4) is 0 Å². The summed E-state index contributed by atoms with van der Waals surface area (Å²) in [5.74, 6) is -0.115. The number of nitrogens with one attached hydrogen (secondary N) is 3. The van der Waals surface area contributed by atoms with Crippen LogP contribution in [-0.2, 0) is 20.8 Å². The van der Waals surface area contributed by atoms with Crippen LogP contribution in [0.1, 0.15) is 51.7 Å². The summed E-state index contributed by atoms with van der Waals surface area (Å²) in [5, 5.41) is 8.66. The molecule has 188 valence electrons. The van der Waals surface area contributed by atoms with E-state index in [1.54, 1.807) is 19.4 Å². The number of likely N-dealkylation sites (N-methyl/N-ethyl adjacent to an activating group) is 1. The molecule has 1 aromatic rings. The number of nitrogens with zero attached hydrogens (tertiary/aromatic N) is 1. The number of fused-ring (bicyclic) bond motifs is 2. The van der Waals surface area contributed by atoms with E-state index in [1.807, 2.05) is 64.9 Å². The highest BCUT2D eigenvalue weighted by atomic mass is 16.5. The van der Waals surface area contributed by atoms with Crippen LogP contribution in [0.25, 0.3) is 6.08 Å². The zero-order valence-corrected chi connectivity index (χ0v) is 21.5. The molecular formula is C26H40N4O4. The Morgan fingerprint density at radius 3 is 2.35 bits per heavy atom. The first-order valence-electron chi connectivity index (χ1n) is 12.0. The van der Waals surface area contributed by atoms with Crippen molar-refractivity contribution in [2.45, 2.75) is 65.1 Å². The lowest BCUT2D eigenvalue weighted by atomic mass is 9.95.